The van der Waals surface area contributed by atoms with E-state index in [0.717, 1.165) is 36.0 Å². The third-order valence-corrected chi connectivity index (χ3v) is 4.69. The van der Waals surface area contributed by atoms with Crippen LogP contribution in [0.3, 0.4) is 0 Å². The first-order valence-corrected chi connectivity index (χ1v) is 8.70. The lowest BCUT2D eigenvalue weighted by atomic mass is 9.95. The summed E-state index contributed by atoms with van der Waals surface area (Å²) in [6, 6.07) is 4.25. The Balaban J connectivity index is 0.00000225. The Morgan fingerprint density at radius 2 is 2.16 bits per heavy atom. The number of carbonyl (C=O) groups excluding carboxylic acids is 1. The molecule has 0 aliphatic carbocycles. The minimum atomic E-state index is 0. The van der Waals surface area contributed by atoms with Gasteiger partial charge in [0, 0.05) is 24.0 Å². The van der Waals surface area contributed by atoms with Gasteiger partial charge in [0.25, 0.3) is 0 Å². The average molecular weight is 363 g/mol. The van der Waals surface area contributed by atoms with Gasteiger partial charge in [-0.2, -0.15) is 0 Å². The van der Waals surface area contributed by atoms with Crippen LogP contribution in [-0.2, 0) is 11.2 Å². The molecule has 2 heterocycles. The second kappa shape index (κ2) is 8.54. The molecule has 0 fully saturated rings. The standard InChI is InChI=1S/C20H26N2O2.ClH/c1-13(2)17-10-18-16(12-24-19(18)8-14(17)3)9-20(23)22-11-15-4-6-21-7-5-15;/h4,8,10,12-13,21H,5-7,9,11H2,1-3H3,(H,22,23);1H. The predicted molar refractivity (Wildman–Crippen MR) is 105 cm³/mol. The highest BCUT2D eigenvalue weighted by molar-refractivity contribution is 5.88. The van der Waals surface area contributed by atoms with Gasteiger partial charge in [-0.15, -0.1) is 12.4 Å². The van der Waals surface area contributed by atoms with Gasteiger partial charge >= 0.3 is 0 Å². The van der Waals surface area contributed by atoms with Crippen LogP contribution in [0, 0.1) is 6.92 Å². The zero-order valence-electron chi connectivity index (χ0n) is 15.1. The van der Waals surface area contributed by atoms with Crippen LogP contribution in [0.5, 0.6) is 0 Å². The van der Waals surface area contributed by atoms with Gasteiger partial charge in [0.1, 0.15) is 5.58 Å². The highest BCUT2D eigenvalue weighted by Gasteiger charge is 2.14. The van der Waals surface area contributed by atoms with Crippen molar-refractivity contribution in [3.05, 3.63) is 46.7 Å². The highest BCUT2D eigenvalue weighted by Crippen LogP contribution is 2.29. The molecule has 4 nitrogen and oxygen atoms in total. The lowest BCUT2D eigenvalue weighted by Crippen LogP contribution is -2.30. The summed E-state index contributed by atoms with van der Waals surface area (Å²) in [6.07, 6.45) is 5.25. The Labute approximate surface area is 155 Å². The van der Waals surface area contributed by atoms with E-state index in [1.807, 2.05) is 0 Å². The van der Waals surface area contributed by atoms with Crippen LogP contribution < -0.4 is 10.6 Å². The second-order valence-corrected chi connectivity index (χ2v) is 6.89. The monoisotopic (exact) mass is 362 g/mol. The number of benzene rings is 1. The van der Waals surface area contributed by atoms with Crippen molar-refractivity contribution >= 4 is 29.3 Å². The molecule has 25 heavy (non-hydrogen) atoms. The smallest absolute Gasteiger partial charge is 0.224 e. The van der Waals surface area contributed by atoms with Crippen molar-refractivity contribution in [1.82, 2.24) is 10.6 Å². The molecular formula is C20H27ClN2O2. The number of fused-ring (bicyclic) bond motifs is 1. The molecule has 1 aliphatic rings. The normalized spacial score (nSPS) is 14.3. The molecule has 0 radical (unpaired) electrons. The molecule has 1 aromatic heterocycles. The molecule has 1 aromatic carbocycles. The summed E-state index contributed by atoms with van der Waals surface area (Å²) in [4.78, 5) is 12.3. The van der Waals surface area contributed by atoms with Crippen molar-refractivity contribution in [2.45, 2.75) is 39.5 Å². The van der Waals surface area contributed by atoms with Crippen molar-refractivity contribution in [3.63, 3.8) is 0 Å². The topological polar surface area (TPSA) is 54.3 Å². The SMILES string of the molecule is Cc1cc2occ(CC(=O)NCC3=CCNCC3)c2cc1C(C)C.Cl. The largest absolute Gasteiger partial charge is 0.464 e. The van der Waals surface area contributed by atoms with Gasteiger partial charge in [0.2, 0.25) is 5.91 Å². The van der Waals surface area contributed by atoms with E-state index in [1.165, 1.54) is 16.7 Å². The Kier molecular flexibility index (Phi) is 6.68. The molecule has 1 aliphatic heterocycles. The van der Waals surface area contributed by atoms with E-state index in [4.69, 9.17) is 4.42 Å². The molecule has 0 unspecified atom stereocenters. The molecule has 2 aromatic rings. The number of furan rings is 1. The van der Waals surface area contributed by atoms with E-state index in [9.17, 15) is 4.79 Å². The fraction of sp³-hybridized carbons (Fsp3) is 0.450. The van der Waals surface area contributed by atoms with Gasteiger partial charge in [0.15, 0.2) is 0 Å². The zero-order chi connectivity index (χ0) is 17.1. The first kappa shape index (κ1) is 19.5. The molecule has 2 N–H and O–H groups in total. The lowest BCUT2D eigenvalue weighted by Gasteiger charge is -2.14. The molecule has 0 spiro atoms. The number of rotatable bonds is 5. The number of amides is 1. The number of halogens is 1. The predicted octanol–water partition coefficient (Wildman–Crippen LogP) is 3.86. The number of aryl methyl sites for hydroxylation is 1. The first-order chi connectivity index (χ1) is 11.5. The summed E-state index contributed by atoms with van der Waals surface area (Å²) in [5.41, 5.74) is 5.67. The van der Waals surface area contributed by atoms with Gasteiger partial charge in [-0.05, 0) is 49.1 Å². The van der Waals surface area contributed by atoms with Crippen LogP contribution in [-0.4, -0.2) is 25.5 Å². The van der Waals surface area contributed by atoms with Crippen molar-refractivity contribution in [2.24, 2.45) is 0 Å². The Bertz CT molecular complexity index is 777. The van der Waals surface area contributed by atoms with Crippen LogP contribution >= 0.6 is 12.4 Å². The van der Waals surface area contributed by atoms with Gasteiger partial charge in [-0.3, -0.25) is 4.79 Å². The fourth-order valence-corrected chi connectivity index (χ4v) is 3.28. The van der Waals surface area contributed by atoms with E-state index >= 15 is 0 Å². The summed E-state index contributed by atoms with van der Waals surface area (Å²) < 4.78 is 5.66. The zero-order valence-corrected chi connectivity index (χ0v) is 16.0. The van der Waals surface area contributed by atoms with Crippen molar-refractivity contribution < 1.29 is 9.21 Å². The summed E-state index contributed by atoms with van der Waals surface area (Å²) in [5.74, 6) is 0.502. The molecule has 5 heteroatoms. The molecule has 0 saturated carbocycles. The second-order valence-electron chi connectivity index (χ2n) is 6.89. The minimum absolute atomic E-state index is 0. The van der Waals surface area contributed by atoms with E-state index in [0.29, 0.717) is 18.9 Å². The van der Waals surface area contributed by atoms with Crippen LogP contribution in [0.4, 0.5) is 0 Å². The third-order valence-electron chi connectivity index (χ3n) is 4.69. The quantitative estimate of drug-likeness (QED) is 0.794. The summed E-state index contributed by atoms with van der Waals surface area (Å²) in [5, 5.41) is 7.36. The fourth-order valence-electron chi connectivity index (χ4n) is 3.28. The number of carbonyl (C=O) groups is 1. The number of nitrogens with one attached hydrogen (secondary N) is 2. The molecule has 0 atom stereocenters. The average Bonchev–Trinajstić information content (AvgIpc) is 2.94. The van der Waals surface area contributed by atoms with Crippen LogP contribution in [0.25, 0.3) is 11.0 Å². The van der Waals surface area contributed by atoms with Crippen LogP contribution in [0.2, 0.25) is 0 Å². The summed E-state index contributed by atoms with van der Waals surface area (Å²) in [6.45, 7) is 9.02. The van der Waals surface area contributed by atoms with E-state index in [1.54, 1.807) is 6.26 Å². The van der Waals surface area contributed by atoms with E-state index in [-0.39, 0.29) is 18.3 Å². The molecule has 0 saturated heterocycles. The van der Waals surface area contributed by atoms with Gasteiger partial charge in [0.05, 0.1) is 12.7 Å². The summed E-state index contributed by atoms with van der Waals surface area (Å²) >= 11 is 0. The van der Waals surface area contributed by atoms with Gasteiger partial charge in [-0.25, -0.2) is 0 Å². The van der Waals surface area contributed by atoms with Crippen molar-refractivity contribution in [3.8, 4) is 0 Å². The molecule has 1 amide bonds. The number of hydrogen-bond acceptors (Lipinski definition) is 3. The lowest BCUT2D eigenvalue weighted by molar-refractivity contribution is -0.120. The minimum Gasteiger partial charge on any atom is -0.464 e. The Morgan fingerprint density at radius 3 is 2.84 bits per heavy atom. The maximum absolute atomic E-state index is 12.3. The highest BCUT2D eigenvalue weighted by atomic mass is 35.5. The summed E-state index contributed by atoms with van der Waals surface area (Å²) in [7, 11) is 0. The Hall–Kier alpha value is -1.78. The molecule has 0 bridgehead atoms. The Morgan fingerprint density at radius 1 is 1.36 bits per heavy atom. The first-order valence-electron chi connectivity index (χ1n) is 8.70. The molecule has 136 valence electrons. The van der Waals surface area contributed by atoms with Crippen molar-refractivity contribution in [2.75, 3.05) is 19.6 Å². The molecule has 3 rings (SSSR count). The number of hydrogen-bond donors (Lipinski definition) is 2. The van der Waals surface area contributed by atoms with Gasteiger partial charge in [-0.1, -0.05) is 25.5 Å². The van der Waals surface area contributed by atoms with Gasteiger partial charge < -0.3 is 15.1 Å². The van der Waals surface area contributed by atoms with E-state index < -0.39 is 0 Å². The maximum Gasteiger partial charge on any atom is 0.224 e. The molecular weight excluding hydrogens is 336 g/mol. The van der Waals surface area contributed by atoms with E-state index in [2.05, 4.69) is 49.6 Å². The van der Waals surface area contributed by atoms with Crippen LogP contribution in [0.1, 0.15) is 42.9 Å². The third kappa shape index (κ3) is 4.65. The maximum atomic E-state index is 12.3. The van der Waals surface area contributed by atoms with Crippen molar-refractivity contribution in [1.29, 1.82) is 0 Å². The van der Waals surface area contributed by atoms with Crippen LogP contribution in [0.15, 0.2) is 34.5 Å².